The number of rotatable bonds is 14. The summed E-state index contributed by atoms with van der Waals surface area (Å²) in [6, 6.07) is 0. The monoisotopic (exact) mass is 344 g/mol. The molecule has 0 fully saturated rings. The van der Waals surface area contributed by atoms with Gasteiger partial charge >= 0.3 is 29.6 Å². The molecular weight excluding hydrogens is 311 g/mol. The quantitative estimate of drug-likeness (QED) is 0.290. The van der Waals surface area contributed by atoms with Crippen molar-refractivity contribution in [3.05, 3.63) is 0 Å². The maximum atomic E-state index is 10.7. The van der Waals surface area contributed by atoms with Crippen molar-refractivity contribution in [2.75, 3.05) is 0 Å². The zero-order valence-corrected chi connectivity index (χ0v) is 17.5. The fourth-order valence-electron chi connectivity index (χ4n) is 2.42. The van der Waals surface area contributed by atoms with Crippen molar-refractivity contribution in [3.63, 3.8) is 0 Å². The van der Waals surface area contributed by atoms with E-state index < -0.39 is 15.4 Å². The second-order valence-corrected chi connectivity index (χ2v) is 7.94. The molecule has 4 nitrogen and oxygen atoms in total. The van der Waals surface area contributed by atoms with Gasteiger partial charge in [-0.25, -0.2) is 8.42 Å². The summed E-state index contributed by atoms with van der Waals surface area (Å²) in [4.78, 5) is 0. The van der Waals surface area contributed by atoms with E-state index in [1.54, 1.807) is 0 Å². The van der Waals surface area contributed by atoms with E-state index in [4.69, 9.17) is 0 Å². The Morgan fingerprint density at radius 1 is 0.864 bits per heavy atom. The van der Waals surface area contributed by atoms with Crippen LogP contribution in [-0.2, 0) is 10.1 Å². The first-order chi connectivity index (χ1) is 9.88. The molecule has 0 saturated heterocycles. The zero-order valence-electron chi connectivity index (χ0n) is 14.7. The van der Waals surface area contributed by atoms with Crippen LogP contribution in [0.2, 0.25) is 0 Å². The van der Waals surface area contributed by atoms with Gasteiger partial charge in [-0.3, -0.25) is 0 Å². The molecule has 2 unspecified atom stereocenters. The van der Waals surface area contributed by atoms with E-state index in [0.717, 1.165) is 64.2 Å². The predicted octanol–water partition coefficient (Wildman–Crippen LogP) is 0.986. The Kier molecular flexibility index (Phi) is 17.6. The fraction of sp³-hybridized carbons (Fsp3) is 1.00. The molecule has 0 bridgehead atoms. The van der Waals surface area contributed by atoms with Crippen LogP contribution in [0.1, 0.15) is 90.9 Å². The van der Waals surface area contributed by atoms with Crippen LogP contribution < -0.4 is 29.6 Å². The molecule has 0 aliphatic carbocycles. The number of hydrogen-bond donors (Lipinski definition) is 1. The molecule has 0 aromatic carbocycles. The Morgan fingerprint density at radius 3 is 1.73 bits per heavy atom. The number of hydrogen-bond acceptors (Lipinski definition) is 4. The second kappa shape index (κ2) is 15.4. The van der Waals surface area contributed by atoms with Gasteiger partial charge in [-0.15, -0.1) is 0 Å². The molecule has 0 saturated carbocycles. The number of aliphatic hydroxyl groups excluding tert-OH is 1. The van der Waals surface area contributed by atoms with E-state index in [9.17, 15) is 18.1 Å². The van der Waals surface area contributed by atoms with Crippen molar-refractivity contribution in [3.8, 4) is 0 Å². The van der Waals surface area contributed by atoms with E-state index in [1.165, 1.54) is 13.3 Å². The van der Waals surface area contributed by atoms with Gasteiger partial charge in [0.15, 0.2) is 0 Å². The maximum absolute atomic E-state index is 10.7. The molecular formula is C16H33NaO4S. The average molecular weight is 344 g/mol. The van der Waals surface area contributed by atoms with Gasteiger partial charge in [0.2, 0.25) is 0 Å². The summed E-state index contributed by atoms with van der Waals surface area (Å²) in [7, 11) is -4.10. The van der Waals surface area contributed by atoms with Gasteiger partial charge < -0.3 is 9.66 Å². The fourth-order valence-corrected chi connectivity index (χ4v) is 2.88. The summed E-state index contributed by atoms with van der Waals surface area (Å²) in [6.45, 7) is 3.63. The Morgan fingerprint density at radius 2 is 1.27 bits per heavy atom. The van der Waals surface area contributed by atoms with Crippen molar-refractivity contribution in [2.45, 2.75) is 102 Å². The third-order valence-corrected chi connectivity index (χ3v) is 5.25. The van der Waals surface area contributed by atoms with Crippen molar-refractivity contribution in [2.24, 2.45) is 0 Å². The molecule has 0 spiro atoms. The summed E-state index contributed by atoms with van der Waals surface area (Å²) in [6.07, 6.45) is 12.0. The minimum absolute atomic E-state index is 0. The van der Waals surface area contributed by atoms with E-state index in [2.05, 4.69) is 6.92 Å². The van der Waals surface area contributed by atoms with Crippen molar-refractivity contribution < 1.29 is 47.6 Å². The van der Waals surface area contributed by atoms with E-state index in [-0.39, 0.29) is 35.7 Å². The van der Waals surface area contributed by atoms with Gasteiger partial charge in [-0.1, -0.05) is 64.7 Å². The van der Waals surface area contributed by atoms with Gasteiger partial charge in [-0.2, -0.15) is 0 Å². The molecule has 128 valence electrons. The summed E-state index contributed by atoms with van der Waals surface area (Å²) < 4.78 is 32.1. The molecule has 2 atom stereocenters. The molecule has 0 heterocycles. The SMILES string of the molecule is CCCCC(O)CCCCCCCCCC(C)S(=O)(=O)[O-].[Na+]. The van der Waals surface area contributed by atoms with Crippen LogP contribution in [0.3, 0.4) is 0 Å². The summed E-state index contributed by atoms with van der Waals surface area (Å²) in [5.74, 6) is 0. The van der Waals surface area contributed by atoms with Crippen LogP contribution in [0, 0.1) is 0 Å². The summed E-state index contributed by atoms with van der Waals surface area (Å²) >= 11 is 0. The van der Waals surface area contributed by atoms with Crippen LogP contribution in [0.25, 0.3) is 0 Å². The number of aliphatic hydroxyl groups is 1. The molecule has 22 heavy (non-hydrogen) atoms. The smallest absolute Gasteiger partial charge is 0.748 e. The predicted molar refractivity (Wildman–Crippen MR) is 86.2 cm³/mol. The van der Waals surface area contributed by atoms with Gasteiger partial charge in [-0.05, 0) is 26.2 Å². The molecule has 0 aromatic rings. The van der Waals surface area contributed by atoms with Gasteiger partial charge in [0.05, 0.1) is 16.2 Å². The van der Waals surface area contributed by atoms with Crippen LogP contribution in [-0.4, -0.2) is 29.4 Å². The molecule has 0 aromatic heterocycles. The zero-order chi connectivity index (χ0) is 16.1. The van der Waals surface area contributed by atoms with Crippen LogP contribution in [0.15, 0.2) is 0 Å². The normalized spacial score (nSPS) is 14.4. The summed E-state index contributed by atoms with van der Waals surface area (Å²) in [5, 5.41) is 8.95. The van der Waals surface area contributed by atoms with E-state index in [1.807, 2.05) is 0 Å². The Balaban J connectivity index is 0. The first kappa shape index (κ1) is 25.1. The molecule has 0 rings (SSSR count). The van der Waals surface area contributed by atoms with Crippen molar-refractivity contribution >= 4 is 10.1 Å². The molecule has 0 amide bonds. The maximum Gasteiger partial charge on any atom is 1.00 e. The molecule has 0 radical (unpaired) electrons. The van der Waals surface area contributed by atoms with Gasteiger partial charge in [0, 0.05) is 5.25 Å². The first-order valence-electron chi connectivity index (χ1n) is 8.50. The molecule has 6 heteroatoms. The topological polar surface area (TPSA) is 77.4 Å². The first-order valence-corrected chi connectivity index (χ1v) is 9.97. The van der Waals surface area contributed by atoms with Crippen LogP contribution >= 0.6 is 0 Å². The van der Waals surface area contributed by atoms with Gasteiger partial charge in [0.1, 0.15) is 0 Å². The average Bonchev–Trinajstić information content (AvgIpc) is 2.41. The van der Waals surface area contributed by atoms with Crippen LogP contribution in [0.5, 0.6) is 0 Å². The second-order valence-electron chi connectivity index (χ2n) is 6.15. The third kappa shape index (κ3) is 15.8. The van der Waals surface area contributed by atoms with Gasteiger partial charge in [0.25, 0.3) is 0 Å². The van der Waals surface area contributed by atoms with Crippen LogP contribution in [0.4, 0.5) is 0 Å². The largest absolute Gasteiger partial charge is 1.00 e. The van der Waals surface area contributed by atoms with E-state index >= 15 is 0 Å². The minimum atomic E-state index is -4.10. The molecule has 0 aliphatic heterocycles. The van der Waals surface area contributed by atoms with Crippen molar-refractivity contribution in [1.29, 1.82) is 0 Å². The molecule has 0 aliphatic rings. The van der Waals surface area contributed by atoms with Crippen molar-refractivity contribution in [1.82, 2.24) is 0 Å². The standard InChI is InChI=1S/C16H34O4S.Na/c1-3-4-13-16(17)14-11-9-7-5-6-8-10-12-15(2)21(18,19)20;/h15-17H,3-14H2,1-2H3,(H,18,19,20);/q;+1/p-1. The minimum Gasteiger partial charge on any atom is -0.748 e. The number of unbranched alkanes of at least 4 members (excludes halogenated alkanes) is 7. The Hall–Kier alpha value is 0.870. The Bertz CT molecular complexity index is 333. The van der Waals surface area contributed by atoms with E-state index in [0.29, 0.717) is 6.42 Å². The third-order valence-electron chi connectivity index (χ3n) is 4.03. The Labute approximate surface area is 159 Å². The summed E-state index contributed by atoms with van der Waals surface area (Å²) in [5.41, 5.74) is 0. The molecule has 1 N–H and O–H groups in total.